The van der Waals surface area contributed by atoms with E-state index in [0.717, 1.165) is 63.9 Å². The Morgan fingerprint density at radius 3 is 2.92 bits per heavy atom. The van der Waals surface area contributed by atoms with Gasteiger partial charge in [0.15, 0.2) is 5.96 Å². The van der Waals surface area contributed by atoms with Gasteiger partial charge in [0, 0.05) is 32.2 Å². The Morgan fingerprint density at radius 2 is 2.23 bits per heavy atom. The molecule has 0 bridgehead atoms. The van der Waals surface area contributed by atoms with Crippen molar-refractivity contribution >= 4 is 29.9 Å². The summed E-state index contributed by atoms with van der Waals surface area (Å²) in [5, 5.41) is 6.49. The number of ether oxygens (including phenoxy) is 2. The van der Waals surface area contributed by atoms with Crippen LogP contribution in [0.15, 0.2) is 23.2 Å². The zero-order valence-electron chi connectivity index (χ0n) is 15.7. The molecule has 1 unspecified atom stereocenters. The van der Waals surface area contributed by atoms with Crippen LogP contribution < -0.4 is 10.6 Å². The molecule has 0 aromatic heterocycles. The molecule has 1 aliphatic heterocycles. The predicted octanol–water partition coefficient (Wildman–Crippen LogP) is 3.25. The van der Waals surface area contributed by atoms with Crippen molar-refractivity contribution in [2.45, 2.75) is 33.2 Å². The second kappa shape index (κ2) is 13.3. The molecule has 1 fully saturated rings. The Kier molecular flexibility index (Phi) is 11.8. The van der Waals surface area contributed by atoms with Crippen LogP contribution in [0.5, 0.6) is 0 Å². The number of rotatable bonds is 9. The number of nitrogens with zero attached hydrogens (tertiary/aromatic N) is 1. The van der Waals surface area contributed by atoms with E-state index in [9.17, 15) is 4.39 Å². The monoisotopic (exact) mass is 479 g/mol. The lowest BCUT2D eigenvalue weighted by molar-refractivity contribution is 0.0888. The van der Waals surface area contributed by atoms with Gasteiger partial charge in [-0.25, -0.2) is 9.38 Å². The van der Waals surface area contributed by atoms with Crippen LogP contribution in [-0.2, 0) is 16.0 Å². The summed E-state index contributed by atoms with van der Waals surface area (Å²) in [7, 11) is 0. The zero-order chi connectivity index (χ0) is 17.9. The number of guanidine groups is 1. The lowest BCUT2D eigenvalue weighted by Gasteiger charge is -2.12. The summed E-state index contributed by atoms with van der Waals surface area (Å²) in [6.45, 7) is 9.01. The lowest BCUT2D eigenvalue weighted by atomic mass is 10.1. The van der Waals surface area contributed by atoms with Gasteiger partial charge < -0.3 is 20.1 Å². The summed E-state index contributed by atoms with van der Waals surface area (Å²) in [6, 6.07) is 5.24. The molecule has 0 aliphatic carbocycles. The van der Waals surface area contributed by atoms with Crippen molar-refractivity contribution in [3.63, 3.8) is 0 Å². The van der Waals surface area contributed by atoms with E-state index >= 15 is 0 Å². The van der Waals surface area contributed by atoms with E-state index in [4.69, 9.17) is 9.47 Å². The molecule has 148 valence electrons. The molecule has 2 rings (SSSR count). The van der Waals surface area contributed by atoms with Crippen LogP contribution in [-0.4, -0.2) is 45.5 Å². The second-order valence-electron chi connectivity index (χ2n) is 6.36. The van der Waals surface area contributed by atoms with Crippen LogP contribution >= 0.6 is 24.0 Å². The highest BCUT2D eigenvalue weighted by Crippen LogP contribution is 2.12. The first-order valence-electron chi connectivity index (χ1n) is 9.11. The summed E-state index contributed by atoms with van der Waals surface area (Å²) in [6.07, 6.45) is 2.02. The van der Waals surface area contributed by atoms with Crippen molar-refractivity contribution < 1.29 is 13.9 Å². The third-order valence-corrected chi connectivity index (χ3v) is 4.14. The van der Waals surface area contributed by atoms with Crippen LogP contribution in [0.2, 0.25) is 0 Å². The molecule has 0 radical (unpaired) electrons. The Morgan fingerprint density at radius 1 is 1.38 bits per heavy atom. The minimum absolute atomic E-state index is 0. The molecule has 7 heteroatoms. The van der Waals surface area contributed by atoms with Gasteiger partial charge in [0.25, 0.3) is 0 Å². The van der Waals surface area contributed by atoms with Gasteiger partial charge in [0.2, 0.25) is 0 Å². The zero-order valence-corrected chi connectivity index (χ0v) is 18.1. The van der Waals surface area contributed by atoms with Gasteiger partial charge in [-0.1, -0.05) is 12.1 Å². The Labute approximate surface area is 173 Å². The largest absolute Gasteiger partial charge is 0.381 e. The fourth-order valence-electron chi connectivity index (χ4n) is 2.59. The summed E-state index contributed by atoms with van der Waals surface area (Å²) < 4.78 is 24.6. The molecule has 0 saturated carbocycles. The molecule has 1 aromatic carbocycles. The van der Waals surface area contributed by atoms with E-state index in [-0.39, 0.29) is 29.8 Å². The number of hydrogen-bond donors (Lipinski definition) is 2. The third-order valence-electron chi connectivity index (χ3n) is 4.14. The quantitative estimate of drug-likeness (QED) is 0.247. The first-order valence-corrected chi connectivity index (χ1v) is 9.11. The van der Waals surface area contributed by atoms with Gasteiger partial charge in [0.1, 0.15) is 5.82 Å². The van der Waals surface area contributed by atoms with Gasteiger partial charge in [-0.2, -0.15) is 0 Å². The standard InChI is InChI=1S/C19H30FN3O2.HI/c1-3-21-19(23-12-16-6-5-15(2)18(20)11-16)22-8-4-9-24-13-17-7-10-25-14-17;/h5-6,11,17H,3-4,7-10,12-14H2,1-2H3,(H2,21,22,23);1H. The average molecular weight is 479 g/mol. The summed E-state index contributed by atoms with van der Waals surface area (Å²) >= 11 is 0. The van der Waals surface area contributed by atoms with Crippen LogP contribution in [0.25, 0.3) is 0 Å². The van der Waals surface area contributed by atoms with Crippen LogP contribution in [0.3, 0.4) is 0 Å². The highest BCUT2D eigenvalue weighted by Gasteiger charge is 2.15. The third kappa shape index (κ3) is 8.64. The Balaban J connectivity index is 0.00000338. The minimum Gasteiger partial charge on any atom is -0.381 e. The first-order chi connectivity index (χ1) is 12.2. The number of halogens is 2. The maximum atomic E-state index is 13.6. The highest BCUT2D eigenvalue weighted by molar-refractivity contribution is 14.0. The van der Waals surface area contributed by atoms with Crippen molar-refractivity contribution in [1.29, 1.82) is 0 Å². The Hall–Kier alpha value is -0.930. The molecular weight excluding hydrogens is 448 g/mol. The molecule has 1 aliphatic rings. The molecule has 0 spiro atoms. The topological polar surface area (TPSA) is 54.9 Å². The molecule has 26 heavy (non-hydrogen) atoms. The van der Waals surface area contributed by atoms with E-state index < -0.39 is 0 Å². The van der Waals surface area contributed by atoms with Gasteiger partial charge >= 0.3 is 0 Å². The maximum absolute atomic E-state index is 13.6. The van der Waals surface area contributed by atoms with E-state index in [2.05, 4.69) is 15.6 Å². The lowest BCUT2D eigenvalue weighted by Crippen LogP contribution is -2.38. The molecule has 1 saturated heterocycles. The predicted molar refractivity (Wildman–Crippen MR) is 114 cm³/mol. The fraction of sp³-hybridized carbons (Fsp3) is 0.632. The molecule has 0 amide bonds. The summed E-state index contributed by atoms with van der Waals surface area (Å²) in [4.78, 5) is 4.51. The SMILES string of the molecule is CCNC(=NCc1ccc(C)c(F)c1)NCCCOCC1CCOC1.I. The number of aryl methyl sites for hydroxylation is 1. The van der Waals surface area contributed by atoms with Crippen molar-refractivity contribution in [2.24, 2.45) is 10.9 Å². The maximum Gasteiger partial charge on any atom is 0.191 e. The Bertz CT molecular complexity index is 552. The molecule has 1 heterocycles. The smallest absolute Gasteiger partial charge is 0.191 e. The van der Waals surface area contributed by atoms with E-state index in [1.165, 1.54) is 0 Å². The van der Waals surface area contributed by atoms with E-state index in [0.29, 0.717) is 18.0 Å². The molecule has 1 aromatic rings. The van der Waals surface area contributed by atoms with Crippen molar-refractivity contribution in [2.75, 3.05) is 39.5 Å². The molecular formula is C19H31FIN3O2. The van der Waals surface area contributed by atoms with Crippen LogP contribution in [0, 0.1) is 18.7 Å². The average Bonchev–Trinajstić information content (AvgIpc) is 3.12. The van der Waals surface area contributed by atoms with Gasteiger partial charge in [-0.3, -0.25) is 0 Å². The van der Waals surface area contributed by atoms with E-state index in [1.807, 2.05) is 13.0 Å². The molecule has 1 atom stereocenters. The number of nitrogens with one attached hydrogen (secondary N) is 2. The number of benzene rings is 1. The molecule has 5 nitrogen and oxygen atoms in total. The van der Waals surface area contributed by atoms with Crippen molar-refractivity contribution in [1.82, 2.24) is 10.6 Å². The van der Waals surface area contributed by atoms with Crippen LogP contribution in [0.4, 0.5) is 4.39 Å². The fourth-order valence-corrected chi connectivity index (χ4v) is 2.59. The van der Waals surface area contributed by atoms with Crippen molar-refractivity contribution in [3.05, 3.63) is 35.1 Å². The summed E-state index contributed by atoms with van der Waals surface area (Å²) in [5.41, 5.74) is 1.52. The van der Waals surface area contributed by atoms with E-state index in [1.54, 1.807) is 19.1 Å². The normalized spacial score (nSPS) is 17.0. The number of aliphatic imine (C=N–C) groups is 1. The van der Waals surface area contributed by atoms with Gasteiger partial charge in [-0.05, 0) is 43.9 Å². The van der Waals surface area contributed by atoms with Crippen molar-refractivity contribution in [3.8, 4) is 0 Å². The minimum atomic E-state index is -0.185. The van der Waals surface area contributed by atoms with Gasteiger partial charge in [-0.15, -0.1) is 24.0 Å². The highest BCUT2D eigenvalue weighted by atomic mass is 127. The second-order valence-corrected chi connectivity index (χ2v) is 6.36. The van der Waals surface area contributed by atoms with Gasteiger partial charge in [0.05, 0.1) is 19.8 Å². The first kappa shape index (κ1) is 23.1. The summed E-state index contributed by atoms with van der Waals surface area (Å²) in [5.74, 6) is 1.12. The molecule has 2 N–H and O–H groups in total. The van der Waals surface area contributed by atoms with Crippen LogP contribution in [0.1, 0.15) is 30.9 Å². The number of hydrogen-bond acceptors (Lipinski definition) is 3.